The fraction of sp³-hybridized carbons (Fsp3) is 0.200. The average Bonchev–Trinajstić information content (AvgIpc) is 2.60. The number of carbonyl (C=O) groups is 2. The third-order valence-corrected chi connectivity index (χ3v) is 3.53. The number of nitrogens with one attached hydrogen (secondary N) is 1. The first-order valence-electron chi connectivity index (χ1n) is 7.79. The fourth-order valence-electron chi connectivity index (χ4n) is 2.23. The van der Waals surface area contributed by atoms with E-state index >= 15 is 0 Å². The number of hydrogen-bond donors (Lipinski definition) is 1. The van der Waals surface area contributed by atoms with Gasteiger partial charge in [-0.2, -0.15) is 0 Å². The third kappa shape index (κ3) is 5.09. The molecule has 24 heavy (non-hydrogen) atoms. The normalized spacial score (nSPS) is 11.4. The SMILES string of the molecule is C=CCOC(=O)[C@@H](Cc1ccccc1)NC(=O)c1ccc(C)cc1. The van der Waals surface area contributed by atoms with Gasteiger partial charge >= 0.3 is 5.97 Å². The molecule has 0 aliphatic rings. The zero-order chi connectivity index (χ0) is 17.4. The molecule has 0 heterocycles. The van der Waals surface area contributed by atoms with Crippen LogP contribution in [0.4, 0.5) is 0 Å². The molecular weight excluding hydrogens is 302 g/mol. The van der Waals surface area contributed by atoms with Gasteiger partial charge in [-0.15, -0.1) is 0 Å². The van der Waals surface area contributed by atoms with E-state index in [9.17, 15) is 9.59 Å². The number of rotatable bonds is 7. The molecule has 0 unspecified atom stereocenters. The van der Waals surface area contributed by atoms with Gasteiger partial charge in [0.2, 0.25) is 0 Å². The summed E-state index contributed by atoms with van der Waals surface area (Å²) in [7, 11) is 0. The van der Waals surface area contributed by atoms with E-state index in [1.54, 1.807) is 12.1 Å². The van der Waals surface area contributed by atoms with Crippen molar-refractivity contribution in [3.05, 3.63) is 83.9 Å². The van der Waals surface area contributed by atoms with E-state index in [1.807, 2.05) is 49.4 Å². The molecule has 0 bridgehead atoms. The molecule has 4 heteroatoms. The van der Waals surface area contributed by atoms with Gasteiger partial charge in [0.1, 0.15) is 12.6 Å². The molecule has 2 aromatic rings. The summed E-state index contributed by atoms with van der Waals surface area (Å²) in [4.78, 5) is 24.6. The highest BCUT2D eigenvalue weighted by Gasteiger charge is 2.23. The van der Waals surface area contributed by atoms with Crippen molar-refractivity contribution in [2.75, 3.05) is 6.61 Å². The van der Waals surface area contributed by atoms with Gasteiger partial charge in [0, 0.05) is 12.0 Å². The van der Waals surface area contributed by atoms with Gasteiger partial charge in [0.25, 0.3) is 5.91 Å². The van der Waals surface area contributed by atoms with Crippen LogP contribution in [0.2, 0.25) is 0 Å². The minimum Gasteiger partial charge on any atom is -0.460 e. The summed E-state index contributed by atoms with van der Waals surface area (Å²) in [6, 6.07) is 15.9. The fourth-order valence-corrected chi connectivity index (χ4v) is 2.23. The Bertz CT molecular complexity index is 693. The van der Waals surface area contributed by atoms with Crippen molar-refractivity contribution in [1.82, 2.24) is 5.32 Å². The van der Waals surface area contributed by atoms with Crippen molar-refractivity contribution in [2.45, 2.75) is 19.4 Å². The van der Waals surface area contributed by atoms with E-state index in [2.05, 4.69) is 11.9 Å². The summed E-state index contributed by atoms with van der Waals surface area (Å²) in [5, 5.41) is 2.76. The molecule has 1 N–H and O–H groups in total. The second-order valence-corrected chi connectivity index (χ2v) is 5.50. The number of ether oxygens (including phenoxy) is 1. The van der Waals surface area contributed by atoms with Gasteiger partial charge in [-0.05, 0) is 24.6 Å². The maximum absolute atomic E-state index is 12.4. The highest BCUT2D eigenvalue weighted by atomic mass is 16.5. The molecule has 4 nitrogen and oxygen atoms in total. The van der Waals surface area contributed by atoms with Crippen LogP contribution in [0.5, 0.6) is 0 Å². The molecule has 2 rings (SSSR count). The number of hydrogen-bond acceptors (Lipinski definition) is 3. The summed E-state index contributed by atoms with van der Waals surface area (Å²) >= 11 is 0. The van der Waals surface area contributed by atoms with Crippen LogP contribution in [0.25, 0.3) is 0 Å². The smallest absolute Gasteiger partial charge is 0.329 e. The highest BCUT2D eigenvalue weighted by molar-refractivity contribution is 5.96. The molecule has 0 radical (unpaired) electrons. The van der Waals surface area contributed by atoms with Crippen LogP contribution in [0, 0.1) is 6.92 Å². The Morgan fingerprint density at radius 3 is 2.42 bits per heavy atom. The van der Waals surface area contributed by atoms with Crippen molar-refractivity contribution in [3.63, 3.8) is 0 Å². The second-order valence-electron chi connectivity index (χ2n) is 5.50. The monoisotopic (exact) mass is 323 g/mol. The standard InChI is InChI=1S/C20H21NO3/c1-3-13-24-20(23)18(14-16-7-5-4-6-8-16)21-19(22)17-11-9-15(2)10-12-17/h3-12,18H,1,13-14H2,2H3,(H,21,22)/t18-/m1/s1. The van der Waals surface area contributed by atoms with Crippen molar-refractivity contribution >= 4 is 11.9 Å². The molecule has 1 amide bonds. The first-order chi connectivity index (χ1) is 11.6. The van der Waals surface area contributed by atoms with E-state index in [1.165, 1.54) is 6.08 Å². The quantitative estimate of drug-likeness (QED) is 0.629. The largest absolute Gasteiger partial charge is 0.460 e. The van der Waals surface area contributed by atoms with Crippen molar-refractivity contribution < 1.29 is 14.3 Å². The minimum atomic E-state index is -0.749. The molecule has 0 aromatic heterocycles. The maximum atomic E-state index is 12.4. The van der Waals surface area contributed by atoms with Gasteiger partial charge in [-0.25, -0.2) is 4.79 Å². The lowest BCUT2D eigenvalue weighted by Crippen LogP contribution is -2.43. The van der Waals surface area contributed by atoms with E-state index in [-0.39, 0.29) is 12.5 Å². The molecule has 124 valence electrons. The summed E-state index contributed by atoms with van der Waals surface area (Å²) in [6.07, 6.45) is 1.87. The second kappa shape index (κ2) is 8.67. The van der Waals surface area contributed by atoms with Gasteiger partial charge < -0.3 is 10.1 Å². The molecule has 0 aliphatic heterocycles. The predicted molar refractivity (Wildman–Crippen MR) is 93.7 cm³/mol. The lowest BCUT2D eigenvalue weighted by molar-refractivity contribution is -0.144. The van der Waals surface area contributed by atoms with Crippen molar-refractivity contribution in [3.8, 4) is 0 Å². The van der Waals surface area contributed by atoms with Gasteiger partial charge in [0.15, 0.2) is 0 Å². The third-order valence-electron chi connectivity index (χ3n) is 3.53. The Balaban J connectivity index is 2.12. The van der Waals surface area contributed by atoms with Crippen molar-refractivity contribution in [2.24, 2.45) is 0 Å². The number of aryl methyl sites for hydroxylation is 1. The molecular formula is C20H21NO3. The number of amides is 1. The summed E-state index contributed by atoms with van der Waals surface area (Å²) in [5.41, 5.74) is 2.52. The zero-order valence-corrected chi connectivity index (χ0v) is 13.7. The number of esters is 1. The topological polar surface area (TPSA) is 55.4 Å². The Labute approximate surface area is 142 Å². The average molecular weight is 323 g/mol. The zero-order valence-electron chi connectivity index (χ0n) is 13.7. The first-order valence-corrected chi connectivity index (χ1v) is 7.79. The lowest BCUT2D eigenvalue weighted by atomic mass is 10.1. The Hall–Kier alpha value is -2.88. The molecule has 0 saturated heterocycles. The van der Waals surface area contributed by atoms with Crippen LogP contribution in [0.15, 0.2) is 67.3 Å². The van der Waals surface area contributed by atoms with Gasteiger partial charge in [-0.1, -0.05) is 60.7 Å². The molecule has 1 atom stereocenters. The van der Waals surface area contributed by atoms with Crippen LogP contribution in [-0.2, 0) is 16.0 Å². The van der Waals surface area contributed by atoms with E-state index in [0.29, 0.717) is 12.0 Å². The van der Waals surface area contributed by atoms with E-state index in [0.717, 1.165) is 11.1 Å². The molecule has 0 spiro atoms. The van der Waals surface area contributed by atoms with E-state index < -0.39 is 12.0 Å². The van der Waals surface area contributed by atoms with Gasteiger partial charge in [-0.3, -0.25) is 4.79 Å². The maximum Gasteiger partial charge on any atom is 0.329 e. The summed E-state index contributed by atoms with van der Waals surface area (Å²) < 4.78 is 5.11. The molecule has 0 aliphatic carbocycles. The van der Waals surface area contributed by atoms with Crippen LogP contribution in [0.1, 0.15) is 21.5 Å². The van der Waals surface area contributed by atoms with Crippen LogP contribution >= 0.6 is 0 Å². The molecule has 2 aromatic carbocycles. The Morgan fingerprint density at radius 2 is 1.79 bits per heavy atom. The predicted octanol–water partition coefficient (Wildman–Crippen LogP) is 3.07. The number of benzene rings is 2. The first kappa shape index (κ1) is 17.5. The van der Waals surface area contributed by atoms with Gasteiger partial charge in [0.05, 0.1) is 0 Å². The molecule has 0 saturated carbocycles. The summed E-state index contributed by atoms with van der Waals surface area (Å²) in [6.45, 7) is 5.59. The molecule has 0 fully saturated rings. The van der Waals surface area contributed by atoms with Crippen LogP contribution in [-0.4, -0.2) is 24.5 Å². The van der Waals surface area contributed by atoms with Crippen LogP contribution in [0.3, 0.4) is 0 Å². The van der Waals surface area contributed by atoms with E-state index in [4.69, 9.17) is 4.74 Å². The Morgan fingerprint density at radius 1 is 1.12 bits per heavy atom. The Kier molecular flexibility index (Phi) is 6.32. The number of carbonyl (C=O) groups excluding carboxylic acids is 2. The van der Waals surface area contributed by atoms with Crippen LogP contribution < -0.4 is 5.32 Å². The summed E-state index contributed by atoms with van der Waals surface area (Å²) in [5.74, 6) is -0.773. The highest BCUT2D eigenvalue weighted by Crippen LogP contribution is 2.08. The van der Waals surface area contributed by atoms with Crippen molar-refractivity contribution in [1.29, 1.82) is 0 Å². The minimum absolute atomic E-state index is 0.116. The lowest BCUT2D eigenvalue weighted by Gasteiger charge is -2.17.